The normalized spacial score (nSPS) is 20.0. The Morgan fingerprint density at radius 1 is 1.20 bits per heavy atom. The molecule has 1 N–H and O–H groups in total. The molecule has 1 aliphatic carbocycles. The van der Waals surface area contributed by atoms with Crippen LogP contribution in [0.15, 0.2) is 0 Å². The van der Waals surface area contributed by atoms with Gasteiger partial charge in [0.05, 0.1) is 0 Å². The van der Waals surface area contributed by atoms with Crippen molar-refractivity contribution in [3.8, 4) is 0 Å². The van der Waals surface area contributed by atoms with Crippen molar-refractivity contribution in [3.05, 3.63) is 0 Å². The molecule has 0 unspecified atom stereocenters. The fourth-order valence-corrected chi connectivity index (χ4v) is 2.74. The average molecular weight is 213 g/mol. The van der Waals surface area contributed by atoms with Gasteiger partial charge in [0.15, 0.2) is 0 Å². The zero-order chi connectivity index (χ0) is 11.1. The van der Waals surface area contributed by atoms with Gasteiger partial charge in [-0.15, -0.1) is 0 Å². The average Bonchev–Trinajstić information content (AvgIpc) is 2.72. The first-order valence-electron chi connectivity index (χ1n) is 6.53. The van der Waals surface area contributed by atoms with Gasteiger partial charge in [-0.25, -0.2) is 0 Å². The van der Waals surface area contributed by atoms with Crippen molar-refractivity contribution < 1.29 is 4.74 Å². The van der Waals surface area contributed by atoms with Crippen LogP contribution in [-0.2, 0) is 4.74 Å². The van der Waals surface area contributed by atoms with E-state index in [1.165, 1.54) is 44.9 Å². The maximum Gasteiger partial charge on any atom is 0.0479 e. The molecule has 0 aromatic carbocycles. The summed E-state index contributed by atoms with van der Waals surface area (Å²) in [6.07, 6.45) is 9.11. The standard InChI is InChI=1S/C13H27NO/c1-4-12(5-2)14-13(10-11-15-3)8-6-7-9-13/h12,14H,4-11H2,1-3H3. The highest BCUT2D eigenvalue weighted by molar-refractivity contribution is 4.94. The first kappa shape index (κ1) is 13.0. The molecular formula is C13H27NO. The van der Waals surface area contributed by atoms with E-state index in [1.54, 1.807) is 7.11 Å². The predicted molar refractivity (Wildman–Crippen MR) is 65.2 cm³/mol. The van der Waals surface area contributed by atoms with Gasteiger partial charge >= 0.3 is 0 Å². The zero-order valence-corrected chi connectivity index (χ0v) is 10.6. The number of nitrogens with one attached hydrogen (secondary N) is 1. The number of ether oxygens (including phenoxy) is 1. The van der Waals surface area contributed by atoms with E-state index in [-0.39, 0.29) is 0 Å². The smallest absolute Gasteiger partial charge is 0.0479 e. The van der Waals surface area contributed by atoms with Crippen LogP contribution in [0, 0.1) is 0 Å². The highest BCUT2D eigenvalue weighted by atomic mass is 16.5. The van der Waals surface area contributed by atoms with E-state index in [9.17, 15) is 0 Å². The van der Waals surface area contributed by atoms with Crippen molar-refractivity contribution in [2.24, 2.45) is 0 Å². The Bertz CT molecular complexity index is 160. The van der Waals surface area contributed by atoms with Crippen LogP contribution in [0.2, 0.25) is 0 Å². The van der Waals surface area contributed by atoms with Gasteiger partial charge in [0, 0.05) is 25.3 Å². The minimum Gasteiger partial charge on any atom is -0.385 e. The molecule has 15 heavy (non-hydrogen) atoms. The van der Waals surface area contributed by atoms with Crippen molar-refractivity contribution >= 4 is 0 Å². The Hall–Kier alpha value is -0.0800. The molecule has 0 spiro atoms. The van der Waals surface area contributed by atoms with Crippen molar-refractivity contribution in [2.45, 2.75) is 70.4 Å². The van der Waals surface area contributed by atoms with Crippen molar-refractivity contribution in [1.82, 2.24) is 5.32 Å². The Morgan fingerprint density at radius 3 is 2.27 bits per heavy atom. The molecule has 1 aliphatic rings. The van der Waals surface area contributed by atoms with E-state index in [4.69, 9.17) is 4.74 Å². The number of rotatable bonds is 7. The molecule has 0 aromatic rings. The summed E-state index contributed by atoms with van der Waals surface area (Å²) in [5.74, 6) is 0. The summed E-state index contributed by atoms with van der Waals surface area (Å²) in [5.41, 5.74) is 0.396. The van der Waals surface area contributed by atoms with Gasteiger partial charge in [0.2, 0.25) is 0 Å². The minimum atomic E-state index is 0.396. The van der Waals surface area contributed by atoms with E-state index in [2.05, 4.69) is 19.2 Å². The molecule has 0 radical (unpaired) electrons. The lowest BCUT2D eigenvalue weighted by atomic mass is 9.91. The molecule has 2 heteroatoms. The van der Waals surface area contributed by atoms with Crippen LogP contribution in [0.25, 0.3) is 0 Å². The van der Waals surface area contributed by atoms with Gasteiger partial charge < -0.3 is 10.1 Å². The molecule has 1 saturated carbocycles. The molecule has 0 bridgehead atoms. The lowest BCUT2D eigenvalue weighted by molar-refractivity contribution is 0.146. The summed E-state index contributed by atoms with van der Waals surface area (Å²) >= 11 is 0. The molecule has 90 valence electrons. The fourth-order valence-electron chi connectivity index (χ4n) is 2.74. The Kier molecular flexibility index (Phi) is 5.62. The van der Waals surface area contributed by atoms with Crippen LogP contribution in [0.1, 0.15) is 58.8 Å². The van der Waals surface area contributed by atoms with Gasteiger partial charge in [0.25, 0.3) is 0 Å². The summed E-state index contributed by atoms with van der Waals surface area (Å²) in [5, 5.41) is 3.88. The first-order chi connectivity index (χ1) is 7.26. The fraction of sp³-hybridized carbons (Fsp3) is 1.00. The highest BCUT2D eigenvalue weighted by Gasteiger charge is 2.34. The summed E-state index contributed by atoms with van der Waals surface area (Å²) < 4.78 is 5.24. The van der Waals surface area contributed by atoms with Gasteiger partial charge in [-0.2, -0.15) is 0 Å². The maximum absolute atomic E-state index is 5.24. The maximum atomic E-state index is 5.24. The molecule has 0 aromatic heterocycles. The lowest BCUT2D eigenvalue weighted by Gasteiger charge is -2.34. The van der Waals surface area contributed by atoms with Crippen molar-refractivity contribution in [3.63, 3.8) is 0 Å². The quantitative estimate of drug-likeness (QED) is 0.701. The number of hydrogen-bond donors (Lipinski definition) is 1. The molecule has 2 nitrogen and oxygen atoms in total. The molecule has 0 saturated heterocycles. The SMILES string of the molecule is CCC(CC)NC1(CCOC)CCCC1. The van der Waals surface area contributed by atoms with Crippen LogP contribution >= 0.6 is 0 Å². The van der Waals surface area contributed by atoms with Gasteiger partial charge in [0.1, 0.15) is 0 Å². The highest BCUT2D eigenvalue weighted by Crippen LogP contribution is 2.33. The molecule has 1 rings (SSSR count). The first-order valence-corrected chi connectivity index (χ1v) is 6.53. The van der Waals surface area contributed by atoms with E-state index in [1.807, 2.05) is 0 Å². The monoisotopic (exact) mass is 213 g/mol. The van der Waals surface area contributed by atoms with Crippen molar-refractivity contribution in [1.29, 1.82) is 0 Å². The Labute approximate surface area is 94.8 Å². The zero-order valence-electron chi connectivity index (χ0n) is 10.6. The Balaban J connectivity index is 2.48. The second kappa shape index (κ2) is 6.49. The van der Waals surface area contributed by atoms with E-state index < -0.39 is 0 Å². The van der Waals surface area contributed by atoms with Gasteiger partial charge in [-0.3, -0.25) is 0 Å². The van der Waals surface area contributed by atoms with Crippen molar-refractivity contribution in [2.75, 3.05) is 13.7 Å². The van der Waals surface area contributed by atoms with Crippen LogP contribution in [0.3, 0.4) is 0 Å². The minimum absolute atomic E-state index is 0.396. The number of hydrogen-bond acceptors (Lipinski definition) is 2. The van der Waals surface area contributed by atoms with E-state index in [0.717, 1.165) is 6.61 Å². The summed E-state index contributed by atoms with van der Waals surface area (Å²) in [6, 6.07) is 0.694. The Morgan fingerprint density at radius 2 is 1.80 bits per heavy atom. The van der Waals surface area contributed by atoms with Crippen LogP contribution < -0.4 is 5.32 Å². The van der Waals surface area contributed by atoms with E-state index in [0.29, 0.717) is 11.6 Å². The molecule has 0 amide bonds. The third kappa shape index (κ3) is 3.76. The molecule has 0 heterocycles. The third-order valence-electron chi connectivity index (χ3n) is 3.84. The molecule has 0 aliphatic heterocycles. The second-order valence-corrected chi connectivity index (χ2v) is 4.89. The van der Waals surface area contributed by atoms with Crippen LogP contribution in [-0.4, -0.2) is 25.3 Å². The second-order valence-electron chi connectivity index (χ2n) is 4.89. The van der Waals surface area contributed by atoms with Gasteiger partial charge in [-0.05, 0) is 32.1 Å². The lowest BCUT2D eigenvalue weighted by Crippen LogP contribution is -2.48. The van der Waals surface area contributed by atoms with E-state index >= 15 is 0 Å². The largest absolute Gasteiger partial charge is 0.385 e. The summed E-state index contributed by atoms with van der Waals surface area (Å²) in [4.78, 5) is 0. The van der Waals surface area contributed by atoms with Crippen LogP contribution in [0.4, 0.5) is 0 Å². The molecular weight excluding hydrogens is 186 g/mol. The summed E-state index contributed by atoms with van der Waals surface area (Å²) in [7, 11) is 1.81. The predicted octanol–water partition coefficient (Wildman–Crippen LogP) is 3.11. The van der Waals surface area contributed by atoms with Crippen LogP contribution in [0.5, 0.6) is 0 Å². The molecule has 1 fully saturated rings. The third-order valence-corrected chi connectivity index (χ3v) is 3.84. The topological polar surface area (TPSA) is 21.3 Å². The molecule has 0 atom stereocenters. The van der Waals surface area contributed by atoms with Gasteiger partial charge in [-0.1, -0.05) is 26.7 Å². The number of methoxy groups -OCH3 is 1. The summed E-state index contributed by atoms with van der Waals surface area (Å²) in [6.45, 7) is 5.45.